The monoisotopic (exact) mass is 250 g/mol. The highest BCUT2D eigenvalue weighted by Gasteiger charge is 2.87. The van der Waals surface area contributed by atoms with Crippen LogP contribution in [0.1, 0.15) is 69.2 Å². The van der Waals surface area contributed by atoms with Crippen molar-refractivity contribution < 1.29 is 0 Å². The second-order valence-corrected chi connectivity index (χ2v) is 8.84. The molecule has 0 aromatic carbocycles. The summed E-state index contributed by atoms with van der Waals surface area (Å²) < 4.78 is 0. The first-order valence-corrected chi connectivity index (χ1v) is 7.92. The third kappa shape index (κ3) is 0.937. The molecule has 6 unspecified atom stereocenters. The molecular formula is C18H34. The van der Waals surface area contributed by atoms with E-state index >= 15 is 0 Å². The zero-order chi connectivity index (χ0) is 14.3. The lowest BCUT2D eigenvalue weighted by molar-refractivity contribution is -0.442. The Morgan fingerprint density at radius 2 is 1.11 bits per heavy atom. The fourth-order valence-corrected chi connectivity index (χ4v) is 6.92. The standard InChI is InChI=1S/C18H34/c1-11(2)12(3)16(8)15(6,7)17(9)13(4)14(5)18(16,17)10/h11-14H,1-10H3. The molecule has 106 valence electrons. The summed E-state index contributed by atoms with van der Waals surface area (Å²) in [7, 11) is 0. The molecule has 0 aromatic heterocycles. The Bertz CT molecular complexity index is 366. The van der Waals surface area contributed by atoms with Crippen LogP contribution in [0.2, 0.25) is 0 Å². The molecule has 0 heterocycles. The van der Waals surface area contributed by atoms with E-state index in [0.29, 0.717) is 21.7 Å². The maximum Gasteiger partial charge on any atom is -0.0174 e. The van der Waals surface area contributed by atoms with Crippen LogP contribution < -0.4 is 0 Å². The molecule has 0 saturated heterocycles. The molecule has 0 aromatic rings. The van der Waals surface area contributed by atoms with E-state index in [0.717, 1.165) is 23.7 Å². The summed E-state index contributed by atoms with van der Waals surface area (Å²) in [5, 5.41) is 0. The van der Waals surface area contributed by atoms with Gasteiger partial charge in [0.05, 0.1) is 0 Å². The van der Waals surface area contributed by atoms with E-state index in [2.05, 4.69) is 69.2 Å². The van der Waals surface area contributed by atoms with Gasteiger partial charge in [0.15, 0.2) is 0 Å². The van der Waals surface area contributed by atoms with Crippen LogP contribution in [0.15, 0.2) is 0 Å². The minimum absolute atomic E-state index is 0.449. The third-order valence-corrected chi connectivity index (χ3v) is 9.24. The van der Waals surface area contributed by atoms with Gasteiger partial charge in [-0.05, 0) is 45.3 Å². The van der Waals surface area contributed by atoms with Crippen molar-refractivity contribution in [1.29, 1.82) is 0 Å². The van der Waals surface area contributed by atoms with Crippen molar-refractivity contribution >= 4 is 0 Å². The number of fused-ring (bicyclic) bond motifs is 1. The van der Waals surface area contributed by atoms with Crippen molar-refractivity contribution in [2.24, 2.45) is 45.3 Å². The highest BCUT2D eigenvalue weighted by Crippen LogP contribution is 2.91. The largest absolute Gasteiger partial charge is 0.0625 e. The first-order valence-electron chi connectivity index (χ1n) is 7.92. The summed E-state index contributed by atoms with van der Waals surface area (Å²) in [4.78, 5) is 0. The summed E-state index contributed by atoms with van der Waals surface area (Å²) in [6, 6.07) is 0. The van der Waals surface area contributed by atoms with E-state index in [4.69, 9.17) is 0 Å². The quantitative estimate of drug-likeness (QED) is 0.596. The zero-order valence-electron chi connectivity index (χ0n) is 14.3. The number of hydrogen-bond donors (Lipinski definition) is 0. The fraction of sp³-hybridized carbons (Fsp3) is 1.00. The molecule has 0 radical (unpaired) electrons. The Balaban J connectivity index is 2.52. The molecule has 0 heteroatoms. The maximum atomic E-state index is 2.59. The molecule has 18 heavy (non-hydrogen) atoms. The molecule has 0 amide bonds. The fourth-order valence-electron chi connectivity index (χ4n) is 6.92. The van der Waals surface area contributed by atoms with E-state index < -0.39 is 0 Å². The molecular weight excluding hydrogens is 216 g/mol. The van der Waals surface area contributed by atoms with Crippen LogP contribution in [-0.2, 0) is 0 Å². The highest BCUT2D eigenvalue weighted by atomic mass is 14.9. The van der Waals surface area contributed by atoms with E-state index in [9.17, 15) is 0 Å². The zero-order valence-corrected chi connectivity index (χ0v) is 14.3. The molecule has 0 spiro atoms. The Kier molecular flexibility index (Phi) is 2.69. The molecule has 0 bridgehead atoms. The van der Waals surface area contributed by atoms with Crippen LogP contribution in [0.4, 0.5) is 0 Å². The number of rotatable bonds is 2. The van der Waals surface area contributed by atoms with Gasteiger partial charge in [-0.15, -0.1) is 0 Å². The smallest absolute Gasteiger partial charge is 0.0174 e. The summed E-state index contributed by atoms with van der Waals surface area (Å²) in [6.07, 6.45) is 0. The first kappa shape index (κ1) is 14.4. The van der Waals surface area contributed by atoms with Gasteiger partial charge in [0.2, 0.25) is 0 Å². The summed E-state index contributed by atoms with van der Waals surface area (Å²) in [5.41, 5.74) is 1.96. The van der Waals surface area contributed by atoms with Gasteiger partial charge in [0.1, 0.15) is 0 Å². The van der Waals surface area contributed by atoms with E-state index in [1.165, 1.54) is 0 Å². The average Bonchev–Trinajstić information content (AvgIpc) is 2.31. The minimum atomic E-state index is 0.449. The van der Waals surface area contributed by atoms with E-state index in [1.807, 2.05) is 0 Å². The van der Waals surface area contributed by atoms with Crippen LogP contribution in [0, 0.1) is 45.3 Å². The van der Waals surface area contributed by atoms with Crippen LogP contribution in [-0.4, -0.2) is 0 Å². The molecule has 2 aliphatic rings. The van der Waals surface area contributed by atoms with Crippen molar-refractivity contribution in [3.8, 4) is 0 Å². The molecule has 2 saturated carbocycles. The van der Waals surface area contributed by atoms with Gasteiger partial charge in [-0.25, -0.2) is 0 Å². The van der Waals surface area contributed by atoms with Gasteiger partial charge in [0.25, 0.3) is 0 Å². The lowest BCUT2D eigenvalue weighted by Gasteiger charge is -2.91. The average molecular weight is 250 g/mol. The predicted molar refractivity (Wildman–Crippen MR) is 80.4 cm³/mol. The maximum absolute atomic E-state index is 2.59. The van der Waals surface area contributed by atoms with Crippen LogP contribution in [0.25, 0.3) is 0 Å². The van der Waals surface area contributed by atoms with Crippen molar-refractivity contribution in [3.63, 3.8) is 0 Å². The Hall–Kier alpha value is 0. The Morgan fingerprint density at radius 1 is 0.722 bits per heavy atom. The lowest BCUT2D eigenvalue weighted by atomic mass is 9.13. The summed E-state index contributed by atoms with van der Waals surface area (Å²) >= 11 is 0. The molecule has 2 rings (SSSR count). The van der Waals surface area contributed by atoms with Gasteiger partial charge >= 0.3 is 0 Å². The third-order valence-electron chi connectivity index (χ3n) is 9.24. The topological polar surface area (TPSA) is 0 Å². The van der Waals surface area contributed by atoms with E-state index in [-0.39, 0.29) is 0 Å². The normalized spacial score (nSPS) is 55.5. The summed E-state index contributed by atoms with van der Waals surface area (Å²) in [5.74, 6) is 3.30. The first-order chi connectivity index (χ1) is 7.92. The molecule has 2 fully saturated rings. The van der Waals surface area contributed by atoms with Gasteiger partial charge in [-0.2, -0.15) is 0 Å². The lowest BCUT2D eigenvalue weighted by Crippen LogP contribution is -2.87. The Labute approximate surface area is 115 Å². The molecule has 6 atom stereocenters. The summed E-state index contributed by atoms with van der Waals surface area (Å²) in [6.45, 7) is 25.1. The van der Waals surface area contributed by atoms with Crippen molar-refractivity contribution in [2.45, 2.75) is 69.2 Å². The van der Waals surface area contributed by atoms with E-state index in [1.54, 1.807) is 0 Å². The van der Waals surface area contributed by atoms with Crippen molar-refractivity contribution in [2.75, 3.05) is 0 Å². The van der Waals surface area contributed by atoms with Crippen LogP contribution in [0.3, 0.4) is 0 Å². The molecule has 0 N–H and O–H groups in total. The second kappa shape index (κ2) is 3.36. The molecule has 0 nitrogen and oxygen atoms in total. The highest BCUT2D eigenvalue weighted by molar-refractivity contribution is 5.34. The van der Waals surface area contributed by atoms with Gasteiger partial charge < -0.3 is 0 Å². The van der Waals surface area contributed by atoms with Crippen LogP contribution >= 0.6 is 0 Å². The minimum Gasteiger partial charge on any atom is -0.0625 e. The van der Waals surface area contributed by atoms with Crippen LogP contribution in [0.5, 0.6) is 0 Å². The van der Waals surface area contributed by atoms with Gasteiger partial charge in [0, 0.05) is 0 Å². The molecule has 0 aliphatic heterocycles. The number of hydrogen-bond acceptors (Lipinski definition) is 0. The molecule has 2 aliphatic carbocycles. The van der Waals surface area contributed by atoms with Crippen molar-refractivity contribution in [1.82, 2.24) is 0 Å². The Morgan fingerprint density at radius 3 is 1.50 bits per heavy atom. The van der Waals surface area contributed by atoms with Crippen molar-refractivity contribution in [3.05, 3.63) is 0 Å². The predicted octanol–water partition coefficient (Wildman–Crippen LogP) is 5.62. The van der Waals surface area contributed by atoms with Gasteiger partial charge in [-0.1, -0.05) is 69.2 Å². The second-order valence-electron chi connectivity index (χ2n) is 8.84. The van der Waals surface area contributed by atoms with Gasteiger partial charge in [-0.3, -0.25) is 0 Å². The SMILES string of the molecule is CC(C)C(C)C1(C)C(C)(C)C2(C)C(C)C(C)C12C.